The summed E-state index contributed by atoms with van der Waals surface area (Å²) in [5.41, 5.74) is -0.218. The Labute approximate surface area is 122 Å². The largest absolute Gasteiger partial charge is 0.497 e. The summed E-state index contributed by atoms with van der Waals surface area (Å²) in [5, 5.41) is 3.49. The lowest BCUT2D eigenvalue weighted by molar-refractivity contribution is 0.0935. The van der Waals surface area contributed by atoms with Crippen molar-refractivity contribution in [3.05, 3.63) is 40.2 Å². The first-order valence-electron chi connectivity index (χ1n) is 6.98. The molecule has 0 aliphatic carbocycles. The number of hydrogen-bond donors (Lipinski definition) is 1. The van der Waals surface area contributed by atoms with Gasteiger partial charge in [0.25, 0.3) is 5.91 Å². The van der Waals surface area contributed by atoms with Crippen LogP contribution in [0.3, 0.4) is 0 Å². The van der Waals surface area contributed by atoms with Crippen molar-refractivity contribution in [1.82, 2.24) is 5.32 Å². The van der Waals surface area contributed by atoms with Crippen LogP contribution in [0.2, 0.25) is 0 Å². The first kappa shape index (κ1) is 15.1. The van der Waals surface area contributed by atoms with Crippen LogP contribution < -0.4 is 15.7 Å². The van der Waals surface area contributed by atoms with Gasteiger partial charge in [-0.1, -0.05) is 13.3 Å². The van der Waals surface area contributed by atoms with Gasteiger partial charge in [-0.15, -0.1) is 0 Å². The monoisotopic (exact) mass is 289 g/mol. The fraction of sp³-hybridized carbons (Fsp3) is 0.375. The van der Waals surface area contributed by atoms with Crippen LogP contribution >= 0.6 is 0 Å². The van der Waals surface area contributed by atoms with E-state index < -0.39 is 11.5 Å². The zero-order chi connectivity index (χ0) is 15.4. The second kappa shape index (κ2) is 6.43. The number of methoxy groups -OCH3 is 1. The van der Waals surface area contributed by atoms with Gasteiger partial charge in [-0.2, -0.15) is 0 Å². The van der Waals surface area contributed by atoms with Gasteiger partial charge >= 0.3 is 5.63 Å². The molecule has 1 aromatic carbocycles. The molecule has 0 unspecified atom stereocenters. The number of nitrogens with one attached hydrogen (secondary N) is 1. The Hall–Kier alpha value is -2.30. The minimum atomic E-state index is -0.642. The van der Waals surface area contributed by atoms with Crippen molar-refractivity contribution in [3.63, 3.8) is 0 Å². The zero-order valence-corrected chi connectivity index (χ0v) is 12.4. The predicted octanol–water partition coefficient (Wildman–Crippen LogP) is 2.72. The molecule has 0 saturated heterocycles. The van der Waals surface area contributed by atoms with Crippen LogP contribution in [0.5, 0.6) is 5.75 Å². The van der Waals surface area contributed by atoms with Gasteiger partial charge in [0.05, 0.1) is 7.11 Å². The summed E-state index contributed by atoms with van der Waals surface area (Å²) >= 11 is 0. The van der Waals surface area contributed by atoms with Crippen molar-refractivity contribution in [2.75, 3.05) is 7.11 Å². The number of rotatable bonds is 5. The van der Waals surface area contributed by atoms with Crippen LogP contribution in [0, 0.1) is 0 Å². The molecule has 2 rings (SSSR count). The molecule has 0 aliphatic rings. The highest BCUT2D eigenvalue weighted by Gasteiger charge is 2.15. The van der Waals surface area contributed by atoms with E-state index in [1.165, 1.54) is 7.11 Å². The topological polar surface area (TPSA) is 68.5 Å². The third-order valence-corrected chi connectivity index (χ3v) is 3.29. The number of carbonyl (C=O) groups excluding carboxylic acids is 1. The van der Waals surface area contributed by atoms with E-state index in [1.807, 2.05) is 13.8 Å². The Morgan fingerprint density at radius 3 is 2.81 bits per heavy atom. The predicted molar refractivity (Wildman–Crippen MR) is 80.9 cm³/mol. The van der Waals surface area contributed by atoms with Gasteiger partial charge in [0.15, 0.2) is 0 Å². The van der Waals surface area contributed by atoms with Crippen LogP contribution in [0.15, 0.2) is 33.5 Å². The van der Waals surface area contributed by atoms with E-state index in [-0.39, 0.29) is 11.6 Å². The molecular formula is C16H19NO4. The van der Waals surface area contributed by atoms with Crippen molar-refractivity contribution in [3.8, 4) is 5.75 Å². The van der Waals surface area contributed by atoms with Crippen molar-refractivity contribution in [1.29, 1.82) is 0 Å². The lowest BCUT2D eigenvalue weighted by Gasteiger charge is -2.12. The van der Waals surface area contributed by atoms with Gasteiger partial charge in [-0.3, -0.25) is 4.79 Å². The Kier molecular flexibility index (Phi) is 4.62. The molecule has 21 heavy (non-hydrogen) atoms. The standard InChI is InChI=1S/C16H19NO4/c1-4-5-10(2)17-15(18)13-8-11-6-7-12(20-3)9-14(11)21-16(13)19/h6-10H,4-5H2,1-3H3,(H,17,18)/t10-/m1/s1. The molecule has 5 nitrogen and oxygen atoms in total. The molecular weight excluding hydrogens is 270 g/mol. The summed E-state index contributed by atoms with van der Waals surface area (Å²) in [6.45, 7) is 3.95. The Morgan fingerprint density at radius 1 is 1.38 bits per heavy atom. The second-order valence-corrected chi connectivity index (χ2v) is 5.01. The molecule has 1 heterocycles. The summed E-state index contributed by atoms with van der Waals surface area (Å²) in [4.78, 5) is 24.1. The van der Waals surface area contributed by atoms with Crippen LogP contribution in [-0.4, -0.2) is 19.1 Å². The van der Waals surface area contributed by atoms with E-state index in [9.17, 15) is 9.59 Å². The number of carbonyl (C=O) groups is 1. The third-order valence-electron chi connectivity index (χ3n) is 3.29. The molecule has 5 heteroatoms. The molecule has 0 radical (unpaired) electrons. The molecule has 0 aliphatic heterocycles. The van der Waals surface area contributed by atoms with Crippen LogP contribution in [0.4, 0.5) is 0 Å². The van der Waals surface area contributed by atoms with Crippen LogP contribution in [-0.2, 0) is 0 Å². The average molecular weight is 289 g/mol. The van der Waals surface area contributed by atoms with Gasteiger partial charge in [0.1, 0.15) is 16.9 Å². The summed E-state index contributed by atoms with van der Waals surface area (Å²) in [5.74, 6) is 0.196. The van der Waals surface area contributed by atoms with Crippen molar-refractivity contribution in [2.45, 2.75) is 32.7 Å². The quantitative estimate of drug-likeness (QED) is 0.859. The van der Waals surface area contributed by atoms with E-state index in [4.69, 9.17) is 9.15 Å². The maximum absolute atomic E-state index is 12.1. The minimum Gasteiger partial charge on any atom is -0.497 e. The summed E-state index contributed by atoms with van der Waals surface area (Å²) in [7, 11) is 1.54. The first-order chi connectivity index (χ1) is 10.0. The number of hydrogen-bond acceptors (Lipinski definition) is 4. The normalized spacial score (nSPS) is 12.1. The van der Waals surface area contributed by atoms with Gasteiger partial charge in [-0.25, -0.2) is 4.79 Å². The van der Waals surface area contributed by atoms with E-state index in [2.05, 4.69) is 5.32 Å². The Morgan fingerprint density at radius 2 is 2.14 bits per heavy atom. The number of amides is 1. The molecule has 0 fully saturated rings. The molecule has 1 amide bonds. The number of benzene rings is 1. The fourth-order valence-corrected chi connectivity index (χ4v) is 2.18. The molecule has 0 spiro atoms. The first-order valence-corrected chi connectivity index (χ1v) is 6.98. The van der Waals surface area contributed by atoms with Gasteiger partial charge in [-0.05, 0) is 31.5 Å². The molecule has 112 valence electrons. The van der Waals surface area contributed by atoms with E-state index in [0.717, 1.165) is 12.8 Å². The summed E-state index contributed by atoms with van der Waals surface area (Å²) in [6.07, 6.45) is 1.83. The summed E-state index contributed by atoms with van der Waals surface area (Å²) in [6, 6.07) is 6.70. The highest BCUT2D eigenvalue weighted by Crippen LogP contribution is 2.20. The van der Waals surface area contributed by atoms with E-state index in [1.54, 1.807) is 24.3 Å². The van der Waals surface area contributed by atoms with Crippen LogP contribution in [0.25, 0.3) is 11.0 Å². The molecule has 2 aromatic rings. The number of fused-ring (bicyclic) bond motifs is 1. The van der Waals surface area contributed by atoms with Crippen LogP contribution in [0.1, 0.15) is 37.0 Å². The molecule has 1 aromatic heterocycles. The molecule has 0 bridgehead atoms. The highest BCUT2D eigenvalue weighted by atomic mass is 16.5. The maximum Gasteiger partial charge on any atom is 0.349 e. The molecule has 1 N–H and O–H groups in total. The van der Waals surface area contributed by atoms with Crippen molar-refractivity contribution >= 4 is 16.9 Å². The van der Waals surface area contributed by atoms with Gasteiger partial charge in [0, 0.05) is 17.5 Å². The Bertz CT molecular complexity index is 705. The second-order valence-electron chi connectivity index (χ2n) is 5.01. The lowest BCUT2D eigenvalue weighted by Crippen LogP contribution is -2.35. The average Bonchev–Trinajstić information content (AvgIpc) is 2.45. The minimum absolute atomic E-state index is 0.0217. The highest BCUT2D eigenvalue weighted by molar-refractivity contribution is 5.96. The zero-order valence-electron chi connectivity index (χ0n) is 12.4. The van der Waals surface area contributed by atoms with Gasteiger partial charge in [0.2, 0.25) is 0 Å². The number of ether oxygens (including phenoxy) is 1. The van der Waals surface area contributed by atoms with Crippen molar-refractivity contribution in [2.24, 2.45) is 0 Å². The Balaban J connectivity index is 2.34. The summed E-state index contributed by atoms with van der Waals surface area (Å²) < 4.78 is 10.3. The fourth-order valence-electron chi connectivity index (χ4n) is 2.18. The van der Waals surface area contributed by atoms with E-state index in [0.29, 0.717) is 16.7 Å². The van der Waals surface area contributed by atoms with Crippen molar-refractivity contribution < 1.29 is 13.9 Å². The van der Waals surface area contributed by atoms with Gasteiger partial charge < -0.3 is 14.5 Å². The lowest BCUT2D eigenvalue weighted by atomic mass is 10.1. The third kappa shape index (κ3) is 3.42. The maximum atomic E-state index is 12.1. The van der Waals surface area contributed by atoms with E-state index >= 15 is 0 Å². The SMILES string of the molecule is CCC[C@@H](C)NC(=O)c1cc2ccc(OC)cc2oc1=O. The molecule has 0 saturated carbocycles. The molecule has 1 atom stereocenters. The smallest absolute Gasteiger partial charge is 0.349 e.